The third-order valence-corrected chi connectivity index (χ3v) is 3.18. The number of hydrogen-bond acceptors (Lipinski definition) is 4. The molecule has 0 unspecified atom stereocenters. The first-order valence-corrected chi connectivity index (χ1v) is 6.44. The van der Waals surface area contributed by atoms with Crippen molar-refractivity contribution in [2.24, 2.45) is 0 Å². The van der Waals surface area contributed by atoms with Gasteiger partial charge in [0.15, 0.2) is 0 Å². The molecule has 104 valence electrons. The Morgan fingerprint density at radius 1 is 1.20 bits per heavy atom. The minimum Gasteiger partial charge on any atom is -0.298 e. The maximum Gasteiger partial charge on any atom is 0.288 e. The second kappa shape index (κ2) is 6.45. The van der Waals surface area contributed by atoms with Gasteiger partial charge in [-0.2, -0.15) is 0 Å². The zero-order valence-electron chi connectivity index (χ0n) is 11.0. The third kappa shape index (κ3) is 3.76. The molecule has 20 heavy (non-hydrogen) atoms. The maximum atomic E-state index is 10.9. The van der Waals surface area contributed by atoms with Gasteiger partial charge in [0.2, 0.25) is 0 Å². The number of nitrogens with zero attached hydrogens (tertiary/aromatic N) is 3. The zero-order valence-corrected chi connectivity index (χ0v) is 11.7. The fourth-order valence-corrected chi connectivity index (χ4v) is 2.15. The summed E-state index contributed by atoms with van der Waals surface area (Å²) in [5.41, 5.74) is 1.95. The lowest BCUT2D eigenvalue weighted by molar-refractivity contribution is -0.384. The van der Waals surface area contributed by atoms with E-state index in [4.69, 9.17) is 11.6 Å². The van der Waals surface area contributed by atoms with Crippen LogP contribution in [0, 0.1) is 10.1 Å². The van der Waals surface area contributed by atoms with E-state index in [0.717, 1.165) is 17.7 Å². The molecule has 0 saturated carbocycles. The van der Waals surface area contributed by atoms with Crippen LogP contribution in [-0.4, -0.2) is 21.9 Å². The minimum absolute atomic E-state index is 0.0542. The lowest BCUT2D eigenvalue weighted by atomic mass is 10.2. The van der Waals surface area contributed by atoms with Gasteiger partial charge in [-0.3, -0.25) is 20.0 Å². The lowest BCUT2D eigenvalue weighted by Crippen LogP contribution is -2.17. The predicted octanol–water partition coefficient (Wildman–Crippen LogP) is 3.28. The summed E-state index contributed by atoms with van der Waals surface area (Å²) in [6.45, 7) is 1.36. The Morgan fingerprint density at radius 2 is 1.85 bits per heavy atom. The van der Waals surface area contributed by atoms with E-state index in [1.165, 1.54) is 6.07 Å². The van der Waals surface area contributed by atoms with E-state index in [2.05, 4.69) is 9.88 Å². The highest BCUT2D eigenvalue weighted by Crippen LogP contribution is 2.25. The molecule has 1 heterocycles. The first-order chi connectivity index (χ1) is 9.56. The van der Waals surface area contributed by atoms with Gasteiger partial charge in [0.05, 0.1) is 4.92 Å². The van der Waals surface area contributed by atoms with E-state index in [1.807, 2.05) is 19.2 Å². The molecular formula is C14H14ClN3O2. The second-order valence-electron chi connectivity index (χ2n) is 4.57. The van der Waals surface area contributed by atoms with E-state index in [9.17, 15) is 10.1 Å². The Bertz CT molecular complexity index is 605. The van der Waals surface area contributed by atoms with Crippen LogP contribution < -0.4 is 0 Å². The first-order valence-electron chi connectivity index (χ1n) is 6.06. The van der Waals surface area contributed by atoms with Crippen LogP contribution >= 0.6 is 11.6 Å². The molecule has 2 aromatic rings. The Hall–Kier alpha value is -1.98. The third-order valence-electron chi connectivity index (χ3n) is 2.86. The number of nitro benzene ring substituents is 1. The second-order valence-corrected chi connectivity index (χ2v) is 4.98. The van der Waals surface area contributed by atoms with E-state index in [1.54, 1.807) is 24.5 Å². The van der Waals surface area contributed by atoms with Gasteiger partial charge in [-0.25, -0.2) is 0 Å². The molecule has 0 bridgehead atoms. The number of benzene rings is 1. The molecule has 2 rings (SSSR count). The largest absolute Gasteiger partial charge is 0.298 e. The molecule has 0 radical (unpaired) electrons. The molecular weight excluding hydrogens is 278 g/mol. The summed E-state index contributed by atoms with van der Waals surface area (Å²) < 4.78 is 0. The fraction of sp³-hybridized carbons (Fsp3) is 0.214. The smallest absolute Gasteiger partial charge is 0.288 e. The molecule has 0 aliphatic carbocycles. The summed E-state index contributed by atoms with van der Waals surface area (Å²) in [5.74, 6) is 0. The van der Waals surface area contributed by atoms with Gasteiger partial charge in [0.25, 0.3) is 5.69 Å². The summed E-state index contributed by atoms with van der Waals surface area (Å²) in [6, 6.07) is 8.78. The average Bonchev–Trinajstić information content (AvgIpc) is 2.41. The molecule has 0 aliphatic rings. The van der Waals surface area contributed by atoms with Crippen molar-refractivity contribution in [3.63, 3.8) is 0 Å². The number of nitro groups is 1. The fourth-order valence-electron chi connectivity index (χ4n) is 1.96. The van der Waals surface area contributed by atoms with Crippen molar-refractivity contribution < 1.29 is 4.92 Å². The van der Waals surface area contributed by atoms with Crippen LogP contribution in [0.4, 0.5) is 5.69 Å². The number of aromatic nitrogens is 1. The molecule has 6 heteroatoms. The van der Waals surface area contributed by atoms with Crippen LogP contribution in [0.5, 0.6) is 0 Å². The standard InChI is InChI=1S/C14H14ClN3O2/c1-17(9-11-4-6-16-7-5-11)10-12-2-3-13(15)14(8-12)18(19)20/h2-8H,9-10H2,1H3. The van der Waals surface area contributed by atoms with E-state index in [0.29, 0.717) is 6.54 Å². The van der Waals surface area contributed by atoms with E-state index >= 15 is 0 Å². The van der Waals surface area contributed by atoms with Crippen molar-refractivity contribution >= 4 is 17.3 Å². The number of pyridine rings is 1. The topological polar surface area (TPSA) is 59.3 Å². The van der Waals surface area contributed by atoms with Gasteiger partial charge < -0.3 is 0 Å². The van der Waals surface area contributed by atoms with Crippen LogP contribution in [0.15, 0.2) is 42.7 Å². The molecule has 1 aromatic heterocycles. The number of rotatable bonds is 5. The van der Waals surface area contributed by atoms with Gasteiger partial charge in [-0.1, -0.05) is 17.7 Å². The summed E-state index contributed by atoms with van der Waals surface area (Å²) in [4.78, 5) is 16.4. The molecule has 0 saturated heterocycles. The van der Waals surface area contributed by atoms with Crippen LogP contribution in [0.25, 0.3) is 0 Å². The van der Waals surface area contributed by atoms with E-state index in [-0.39, 0.29) is 10.7 Å². The highest BCUT2D eigenvalue weighted by molar-refractivity contribution is 6.32. The van der Waals surface area contributed by atoms with Gasteiger partial charge in [-0.05, 0) is 36.4 Å². The number of halogens is 1. The Morgan fingerprint density at radius 3 is 2.50 bits per heavy atom. The first kappa shape index (κ1) is 14.4. The number of hydrogen-bond donors (Lipinski definition) is 0. The molecule has 0 fully saturated rings. The maximum absolute atomic E-state index is 10.9. The summed E-state index contributed by atoms with van der Waals surface area (Å²) in [7, 11) is 1.96. The molecule has 0 amide bonds. The SMILES string of the molecule is CN(Cc1ccncc1)Cc1ccc(Cl)c([N+](=O)[O-])c1. The van der Waals surface area contributed by atoms with Crippen molar-refractivity contribution in [1.29, 1.82) is 0 Å². The van der Waals surface area contributed by atoms with Crippen molar-refractivity contribution in [1.82, 2.24) is 9.88 Å². The monoisotopic (exact) mass is 291 g/mol. The molecule has 0 atom stereocenters. The molecule has 0 aliphatic heterocycles. The quantitative estimate of drug-likeness (QED) is 0.626. The van der Waals surface area contributed by atoms with Crippen LogP contribution in [0.2, 0.25) is 5.02 Å². The van der Waals surface area contributed by atoms with Gasteiger partial charge in [-0.15, -0.1) is 0 Å². The zero-order chi connectivity index (χ0) is 14.5. The average molecular weight is 292 g/mol. The molecule has 0 spiro atoms. The lowest BCUT2D eigenvalue weighted by Gasteiger charge is -2.16. The summed E-state index contributed by atoms with van der Waals surface area (Å²) in [6.07, 6.45) is 3.49. The molecule has 1 aromatic carbocycles. The van der Waals surface area contributed by atoms with Crippen LogP contribution in [0.3, 0.4) is 0 Å². The van der Waals surface area contributed by atoms with Crippen LogP contribution in [0.1, 0.15) is 11.1 Å². The Labute approximate surface area is 122 Å². The predicted molar refractivity (Wildman–Crippen MR) is 77.5 cm³/mol. The normalized spacial score (nSPS) is 10.8. The van der Waals surface area contributed by atoms with Crippen molar-refractivity contribution in [3.05, 3.63) is 69.0 Å². The highest BCUT2D eigenvalue weighted by atomic mass is 35.5. The molecule has 5 nitrogen and oxygen atoms in total. The molecule has 0 N–H and O–H groups in total. The summed E-state index contributed by atoms with van der Waals surface area (Å²) in [5, 5.41) is 11.0. The summed E-state index contributed by atoms with van der Waals surface area (Å²) >= 11 is 5.80. The van der Waals surface area contributed by atoms with Crippen molar-refractivity contribution in [3.8, 4) is 0 Å². The highest BCUT2D eigenvalue weighted by Gasteiger charge is 2.13. The van der Waals surface area contributed by atoms with Crippen molar-refractivity contribution in [2.75, 3.05) is 7.05 Å². The Balaban J connectivity index is 2.06. The van der Waals surface area contributed by atoms with Gasteiger partial charge >= 0.3 is 0 Å². The van der Waals surface area contributed by atoms with Gasteiger partial charge in [0, 0.05) is 31.5 Å². The van der Waals surface area contributed by atoms with E-state index < -0.39 is 4.92 Å². The van der Waals surface area contributed by atoms with Gasteiger partial charge in [0.1, 0.15) is 5.02 Å². The van der Waals surface area contributed by atoms with Crippen LogP contribution in [-0.2, 0) is 13.1 Å². The van der Waals surface area contributed by atoms with Crippen molar-refractivity contribution in [2.45, 2.75) is 13.1 Å². The minimum atomic E-state index is -0.464. The Kier molecular flexibility index (Phi) is 4.65.